The summed E-state index contributed by atoms with van der Waals surface area (Å²) in [7, 11) is 0. The Labute approximate surface area is 196 Å². The molecule has 158 valence electrons. The van der Waals surface area contributed by atoms with E-state index < -0.39 is 0 Å². The SMILES string of the molecule is NC1CCc2ccc(Nc3ncc4c(=O)n(C5=C(Cl)CCC=C5Cl)cc(Br)c4n3)cc21. The standard InChI is InChI=1S/C22H18BrCl2N5O/c23-15-10-30(20-16(24)2-1-3-17(20)25)21(31)14-9-27-22(29-19(14)15)28-12-6-4-11-5-7-18(26)13(11)8-12/h2,4,6,8-10,18H,1,3,5,7,26H2,(H,27,28,29). The van der Waals surface area contributed by atoms with E-state index in [0.717, 1.165) is 30.5 Å². The number of fused-ring (bicyclic) bond motifs is 2. The number of rotatable bonds is 3. The first-order valence-corrected chi connectivity index (χ1v) is 11.5. The minimum Gasteiger partial charge on any atom is -0.324 e. The molecule has 3 N–H and O–H groups in total. The number of halogens is 3. The third kappa shape index (κ3) is 3.69. The first-order chi connectivity index (χ1) is 14.9. The fourth-order valence-electron chi connectivity index (χ4n) is 4.07. The van der Waals surface area contributed by atoms with Crippen molar-refractivity contribution in [3.63, 3.8) is 0 Å². The highest BCUT2D eigenvalue weighted by molar-refractivity contribution is 9.10. The third-order valence-electron chi connectivity index (χ3n) is 5.64. The first kappa shape index (κ1) is 20.7. The Balaban J connectivity index is 1.54. The van der Waals surface area contributed by atoms with Gasteiger partial charge in [-0.2, -0.15) is 0 Å². The third-order valence-corrected chi connectivity index (χ3v) is 6.93. The molecule has 1 unspecified atom stereocenters. The van der Waals surface area contributed by atoms with Gasteiger partial charge in [0.25, 0.3) is 5.56 Å². The Morgan fingerprint density at radius 2 is 2.10 bits per heavy atom. The van der Waals surface area contributed by atoms with Crippen molar-refractivity contribution < 1.29 is 0 Å². The number of anilines is 2. The molecule has 2 aliphatic carbocycles. The van der Waals surface area contributed by atoms with Gasteiger partial charge in [0.2, 0.25) is 5.95 Å². The predicted octanol–water partition coefficient (Wildman–Crippen LogP) is 5.57. The molecule has 2 aromatic heterocycles. The summed E-state index contributed by atoms with van der Waals surface area (Å²) < 4.78 is 2.08. The van der Waals surface area contributed by atoms with Crippen molar-refractivity contribution in [3.8, 4) is 0 Å². The van der Waals surface area contributed by atoms with Gasteiger partial charge in [-0.05, 0) is 64.9 Å². The smallest absolute Gasteiger partial charge is 0.266 e. The van der Waals surface area contributed by atoms with Crippen LogP contribution in [-0.2, 0) is 6.42 Å². The predicted molar refractivity (Wildman–Crippen MR) is 129 cm³/mol. The zero-order chi connectivity index (χ0) is 21.7. The minimum absolute atomic E-state index is 0.0590. The molecule has 2 heterocycles. The highest BCUT2D eigenvalue weighted by atomic mass is 79.9. The number of pyridine rings is 1. The van der Waals surface area contributed by atoms with Crippen molar-refractivity contribution in [1.82, 2.24) is 14.5 Å². The van der Waals surface area contributed by atoms with Gasteiger partial charge in [0, 0.05) is 29.2 Å². The lowest BCUT2D eigenvalue weighted by atomic mass is 10.1. The molecule has 6 nitrogen and oxygen atoms in total. The van der Waals surface area contributed by atoms with Crippen LogP contribution in [0.1, 0.15) is 36.4 Å². The maximum atomic E-state index is 13.2. The van der Waals surface area contributed by atoms with Crippen LogP contribution in [0.2, 0.25) is 0 Å². The highest BCUT2D eigenvalue weighted by Crippen LogP contribution is 2.35. The summed E-state index contributed by atoms with van der Waals surface area (Å²) in [5.74, 6) is 0.393. The summed E-state index contributed by atoms with van der Waals surface area (Å²) in [6, 6.07) is 6.17. The monoisotopic (exact) mass is 517 g/mol. The number of benzene rings is 1. The molecule has 0 radical (unpaired) electrons. The van der Waals surface area contributed by atoms with Crippen LogP contribution in [0, 0.1) is 0 Å². The van der Waals surface area contributed by atoms with E-state index >= 15 is 0 Å². The van der Waals surface area contributed by atoms with Crippen LogP contribution in [0.3, 0.4) is 0 Å². The van der Waals surface area contributed by atoms with Crippen molar-refractivity contribution in [1.29, 1.82) is 0 Å². The molecule has 0 saturated heterocycles. The van der Waals surface area contributed by atoms with Crippen molar-refractivity contribution in [2.75, 3.05) is 5.32 Å². The van der Waals surface area contributed by atoms with Crippen LogP contribution in [0.5, 0.6) is 0 Å². The lowest BCUT2D eigenvalue weighted by molar-refractivity contribution is 0.713. The van der Waals surface area contributed by atoms with Crippen LogP contribution in [0.15, 0.2) is 56.0 Å². The number of aryl methyl sites for hydroxylation is 1. The molecule has 0 saturated carbocycles. The summed E-state index contributed by atoms with van der Waals surface area (Å²) in [5, 5.41) is 4.59. The molecule has 31 heavy (non-hydrogen) atoms. The van der Waals surface area contributed by atoms with Gasteiger partial charge in [0.1, 0.15) is 0 Å². The van der Waals surface area contributed by atoms with Gasteiger partial charge < -0.3 is 11.1 Å². The fraction of sp³-hybridized carbons (Fsp3) is 0.227. The second kappa shape index (κ2) is 8.06. The number of nitrogens with one attached hydrogen (secondary N) is 1. The van der Waals surface area contributed by atoms with Gasteiger partial charge >= 0.3 is 0 Å². The van der Waals surface area contributed by atoms with E-state index in [2.05, 4.69) is 37.3 Å². The Morgan fingerprint density at radius 3 is 2.90 bits per heavy atom. The van der Waals surface area contributed by atoms with E-state index in [4.69, 9.17) is 28.9 Å². The van der Waals surface area contributed by atoms with E-state index in [1.165, 1.54) is 16.3 Å². The Bertz CT molecular complexity index is 1350. The number of nitrogens with zero attached hydrogens (tertiary/aromatic N) is 3. The maximum absolute atomic E-state index is 13.2. The van der Waals surface area contributed by atoms with Crippen LogP contribution < -0.4 is 16.6 Å². The zero-order valence-corrected chi connectivity index (χ0v) is 19.4. The molecule has 0 fully saturated rings. The highest BCUT2D eigenvalue weighted by Gasteiger charge is 2.21. The molecule has 0 amide bonds. The summed E-state index contributed by atoms with van der Waals surface area (Å²) in [5.41, 5.74) is 10.2. The fourth-order valence-corrected chi connectivity index (χ4v) is 5.24. The summed E-state index contributed by atoms with van der Waals surface area (Å²) in [6.45, 7) is 0. The lowest BCUT2D eigenvalue weighted by Gasteiger charge is -2.17. The largest absolute Gasteiger partial charge is 0.324 e. The first-order valence-electron chi connectivity index (χ1n) is 9.91. The molecule has 0 spiro atoms. The van der Waals surface area contributed by atoms with Crippen LogP contribution >= 0.6 is 39.1 Å². The Kier molecular flexibility index (Phi) is 5.38. The lowest BCUT2D eigenvalue weighted by Crippen LogP contribution is -2.21. The van der Waals surface area contributed by atoms with Gasteiger partial charge in [-0.3, -0.25) is 9.36 Å². The Morgan fingerprint density at radius 1 is 1.26 bits per heavy atom. The Hall–Kier alpha value is -2.19. The molecule has 1 aromatic carbocycles. The van der Waals surface area contributed by atoms with E-state index in [9.17, 15) is 4.79 Å². The number of aromatic nitrogens is 3. The molecule has 9 heteroatoms. The molecule has 5 rings (SSSR count). The number of hydrogen-bond acceptors (Lipinski definition) is 5. The summed E-state index contributed by atoms with van der Waals surface area (Å²) in [4.78, 5) is 22.1. The molecule has 0 aliphatic heterocycles. The number of hydrogen-bond donors (Lipinski definition) is 2. The van der Waals surface area contributed by atoms with E-state index in [0.29, 0.717) is 43.5 Å². The molecular weight excluding hydrogens is 501 g/mol. The van der Waals surface area contributed by atoms with E-state index in [1.807, 2.05) is 18.2 Å². The topological polar surface area (TPSA) is 85.8 Å². The zero-order valence-electron chi connectivity index (χ0n) is 16.3. The summed E-state index contributed by atoms with van der Waals surface area (Å²) in [6.07, 6.45) is 8.37. The molecule has 3 aromatic rings. The van der Waals surface area contributed by atoms with Crippen molar-refractivity contribution in [2.45, 2.75) is 31.7 Å². The molecule has 1 atom stereocenters. The second-order valence-electron chi connectivity index (χ2n) is 7.64. The maximum Gasteiger partial charge on any atom is 0.266 e. The van der Waals surface area contributed by atoms with Crippen LogP contribution in [0.4, 0.5) is 11.6 Å². The molecule has 0 bridgehead atoms. The van der Waals surface area contributed by atoms with Gasteiger partial charge in [-0.15, -0.1) is 0 Å². The normalized spacial score (nSPS) is 18.3. The van der Waals surface area contributed by atoms with E-state index in [1.54, 1.807) is 6.20 Å². The average molecular weight is 519 g/mol. The van der Waals surface area contributed by atoms with Gasteiger partial charge in [-0.25, -0.2) is 9.97 Å². The van der Waals surface area contributed by atoms with Gasteiger partial charge in [0.05, 0.1) is 26.1 Å². The number of nitrogens with two attached hydrogens (primary N) is 1. The minimum atomic E-state index is -0.283. The van der Waals surface area contributed by atoms with Crippen molar-refractivity contribution in [3.05, 3.63) is 72.7 Å². The number of allylic oxidation sites excluding steroid dienone is 4. The molecular formula is C22H18BrCl2N5O. The quantitative estimate of drug-likeness (QED) is 0.473. The molecule has 2 aliphatic rings. The van der Waals surface area contributed by atoms with Crippen LogP contribution in [0.25, 0.3) is 16.6 Å². The van der Waals surface area contributed by atoms with Gasteiger partial charge in [-0.1, -0.05) is 35.3 Å². The van der Waals surface area contributed by atoms with Gasteiger partial charge in [0.15, 0.2) is 0 Å². The average Bonchev–Trinajstić information content (AvgIpc) is 3.12. The second-order valence-corrected chi connectivity index (χ2v) is 9.35. The van der Waals surface area contributed by atoms with E-state index in [-0.39, 0.29) is 11.6 Å². The van der Waals surface area contributed by atoms with Crippen molar-refractivity contribution >= 4 is 67.4 Å². The van der Waals surface area contributed by atoms with Crippen molar-refractivity contribution in [2.24, 2.45) is 5.73 Å². The summed E-state index contributed by atoms with van der Waals surface area (Å²) >= 11 is 16.3. The van der Waals surface area contributed by atoms with Crippen LogP contribution in [-0.4, -0.2) is 14.5 Å².